The van der Waals surface area contributed by atoms with Gasteiger partial charge in [0.15, 0.2) is 5.82 Å². The third kappa shape index (κ3) is 4.09. The third-order valence-electron chi connectivity index (χ3n) is 7.38. The van der Waals surface area contributed by atoms with Crippen LogP contribution in [0, 0.1) is 6.92 Å². The maximum absolute atomic E-state index is 13.3. The molecule has 0 spiro atoms. The maximum atomic E-state index is 13.3. The highest BCUT2D eigenvalue weighted by Crippen LogP contribution is 2.28. The second-order valence-corrected chi connectivity index (χ2v) is 10.7. The summed E-state index contributed by atoms with van der Waals surface area (Å²) in [5, 5.41) is 12.3. The van der Waals surface area contributed by atoms with Crippen molar-refractivity contribution in [2.45, 2.75) is 13.5 Å². The summed E-state index contributed by atoms with van der Waals surface area (Å²) >= 11 is 1.49. The van der Waals surface area contributed by atoms with Gasteiger partial charge in [-0.3, -0.25) is 19.5 Å². The molecule has 2 aliphatic heterocycles. The standard InChI is InChI=1S/C25H28N12O2S/c1-16-30-31-22(39-16)17-4-3-5-18(14-17)34-10-7-33(8-11-34)9-12-35-24-29-21-20(37(24)32(2)25(35)38)19(28-15-36(21)26)23-27-6-13-40-23/h3-6,13-14H,7-12,15,26H2,1-2H3. The van der Waals surface area contributed by atoms with Gasteiger partial charge in [0.2, 0.25) is 17.6 Å². The van der Waals surface area contributed by atoms with Crippen LogP contribution in [0.4, 0.5) is 11.5 Å². The van der Waals surface area contributed by atoms with Gasteiger partial charge < -0.3 is 9.32 Å². The number of anilines is 2. The van der Waals surface area contributed by atoms with Gasteiger partial charge in [-0.15, -0.1) is 21.5 Å². The second-order valence-electron chi connectivity index (χ2n) is 9.81. The SMILES string of the molecule is Cc1nnc(-c2cccc(N3CCN(CCn4c(=O)n(C)n5c6c(nc45)N(N)CN=C6c4nccs4)CC3)c2)o1. The molecule has 2 aliphatic rings. The molecule has 15 heteroatoms. The predicted molar refractivity (Wildman–Crippen MR) is 151 cm³/mol. The molecule has 6 heterocycles. The number of hydrazine groups is 1. The third-order valence-corrected chi connectivity index (χ3v) is 8.16. The number of fused-ring (bicyclic) bond motifs is 3. The first kappa shape index (κ1) is 24.7. The van der Waals surface area contributed by atoms with E-state index in [-0.39, 0.29) is 12.4 Å². The van der Waals surface area contributed by atoms with Gasteiger partial charge >= 0.3 is 5.69 Å². The van der Waals surface area contributed by atoms with Crippen LogP contribution in [0.15, 0.2) is 50.0 Å². The number of benzene rings is 1. The van der Waals surface area contributed by atoms with Crippen molar-refractivity contribution in [3.05, 3.63) is 62.9 Å². The van der Waals surface area contributed by atoms with E-state index < -0.39 is 0 Å². The zero-order valence-electron chi connectivity index (χ0n) is 22.1. The van der Waals surface area contributed by atoms with Crippen LogP contribution in [0.5, 0.6) is 0 Å². The van der Waals surface area contributed by atoms with Crippen LogP contribution in [0.3, 0.4) is 0 Å². The molecule has 0 amide bonds. The number of hydrogen-bond acceptors (Lipinski definition) is 12. The molecule has 7 rings (SSSR count). The van der Waals surface area contributed by atoms with Crippen molar-refractivity contribution < 1.29 is 4.42 Å². The van der Waals surface area contributed by atoms with Crippen LogP contribution >= 0.6 is 11.3 Å². The summed E-state index contributed by atoms with van der Waals surface area (Å²) in [6.45, 7) is 6.81. The summed E-state index contributed by atoms with van der Waals surface area (Å²) in [7, 11) is 1.74. The van der Waals surface area contributed by atoms with Crippen molar-refractivity contribution in [2.24, 2.45) is 17.9 Å². The Bertz CT molecular complexity index is 1770. The van der Waals surface area contributed by atoms with Crippen molar-refractivity contribution in [2.75, 3.05) is 49.3 Å². The molecule has 206 valence electrons. The molecule has 0 saturated carbocycles. The lowest BCUT2D eigenvalue weighted by atomic mass is 10.1. The zero-order valence-corrected chi connectivity index (χ0v) is 23.0. The zero-order chi connectivity index (χ0) is 27.4. The number of nitrogens with zero attached hydrogens (tertiary/aromatic N) is 11. The number of piperazine rings is 1. The van der Waals surface area contributed by atoms with E-state index in [0.29, 0.717) is 41.3 Å². The Morgan fingerprint density at radius 2 is 1.98 bits per heavy atom. The molecule has 2 N–H and O–H groups in total. The minimum Gasteiger partial charge on any atom is -0.421 e. The van der Waals surface area contributed by atoms with Crippen LogP contribution in [0.25, 0.3) is 17.2 Å². The molecule has 0 bridgehead atoms. The van der Waals surface area contributed by atoms with E-state index in [1.54, 1.807) is 33.9 Å². The quantitative estimate of drug-likeness (QED) is 0.298. The van der Waals surface area contributed by atoms with Gasteiger partial charge in [0.1, 0.15) is 23.1 Å². The highest BCUT2D eigenvalue weighted by molar-refractivity contribution is 7.11. The Kier molecular flexibility index (Phi) is 5.98. The lowest BCUT2D eigenvalue weighted by Crippen LogP contribution is -2.47. The average Bonchev–Trinajstić information content (AvgIpc) is 3.77. The molecule has 0 radical (unpaired) electrons. The van der Waals surface area contributed by atoms with E-state index in [0.717, 1.165) is 49.0 Å². The van der Waals surface area contributed by atoms with Crippen LogP contribution in [-0.4, -0.2) is 83.9 Å². The number of thiazole rings is 1. The first-order chi connectivity index (χ1) is 19.5. The fourth-order valence-electron chi connectivity index (χ4n) is 5.31. The van der Waals surface area contributed by atoms with Crippen molar-refractivity contribution >= 4 is 34.3 Å². The molecule has 5 aromatic rings. The summed E-state index contributed by atoms with van der Waals surface area (Å²) in [5.41, 5.74) is 3.28. The number of hydrogen-bond donors (Lipinski definition) is 1. The first-order valence-corrected chi connectivity index (χ1v) is 13.9. The van der Waals surface area contributed by atoms with Gasteiger partial charge in [0.25, 0.3) is 0 Å². The van der Waals surface area contributed by atoms with Crippen LogP contribution in [-0.2, 0) is 13.6 Å². The van der Waals surface area contributed by atoms with Gasteiger partial charge in [-0.1, -0.05) is 6.07 Å². The minimum atomic E-state index is -0.135. The van der Waals surface area contributed by atoms with Crippen molar-refractivity contribution in [3.8, 4) is 11.5 Å². The lowest BCUT2D eigenvalue weighted by molar-refractivity contribution is 0.248. The summed E-state index contributed by atoms with van der Waals surface area (Å²) < 4.78 is 10.7. The number of imidazole rings is 1. The van der Waals surface area contributed by atoms with Crippen LogP contribution in [0.1, 0.15) is 16.6 Å². The van der Waals surface area contributed by atoms with Gasteiger partial charge in [0, 0.05) is 76.1 Å². The average molecular weight is 561 g/mol. The van der Waals surface area contributed by atoms with Crippen molar-refractivity contribution in [3.63, 3.8) is 0 Å². The van der Waals surface area contributed by atoms with Gasteiger partial charge in [-0.2, -0.15) is 4.98 Å². The predicted octanol–water partition coefficient (Wildman–Crippen LogP) is 0.960. The number of rotatable bonds is 6. The number of aromatic nitrogens is 7. The largest absolute Gasteiger partial charge is 0.421 e. The fraction of sp³-hybridized carbons (Fsp3) is 0.360. The monoisotopic (exact) mass is 560 g/mol. The van der Waals surface area contributed by atoms with Crippen LogP contribution < -0.4 is 21.4 Å². The molecule has 14 nitrogen and oxygen atoms in total. The second kappa shape index (κ2) is 9.69. The Morgan fingerprint density at radius 3 is 2.73 bits per heavy atom. The molecule has 40 heavy (non-hydrogen) atoms. The number of aryl methyl sites for hydroxylation is 2. The lowest BCUT2D eigenvalue weighted by Gasteiger charge is -2.36. The van der Waals surface area contributed by atoms with E-state index in [1.165, 1.54) is 16.3 Å². The van der Waals surface area contributed by atoms with Gasteiger partial charge in [-0.05, 0) is 18.2 Å². The summed E-state index contributed by atoms with van der Waals surface area (Å²) in [6, 6.07) is 8.19. The molecule has 0 aliphatic carbocycles. The number of aliphatic imine (C=N–C) groups is 1. The highest BCUT2D eigenvalue weighted by Gasteiger charge is 2.31. The Labute approximate surface area is 232 Å². The van der Waals surface area contributed by atoms with E-state index in [4.69, 9.17) is 15.2 Å². The normalized spacial score (nSPS) is 16.1. The van der Waals surface area contributed by atoms with E-state index in [1.807, 2.05) is 17.5 Å². The summed E-state index contributed by atoms with van der Waals surface area (Å²) in [6.07, 6.45) is 1.74. The van der Waals surface area contributed by atoms with E-state index in [2.05, 4.69) is 42.1 Å². The first-order valence-electron chi connectivity index (χ1n) is 13.0. The molecule has 1 fully saturated rings. The van der Waals surface area contributed by atoms with E-state index in [9.17, 15) is 4.79 Å². The summed E-state index contributed by atoms with van der Waals surface area (Å²) in [5.74, 6) is 8.44. The smallest absolute Gasteiger partial charge is 0.345 e. The van der Waals surface area contributed by atoms with Gasteiger partial charge in [0.05, 0.1) is 0 Å². The van der Waals surface area contributed by atoms with E-state index >= 15 is 0 Å². The fourth-order valence-corrected chi connectivity index (χ4v) is 5.96. The topological polar surface area (TPSA) is 144 Å². The van der Waals surface area contributed by atoms with Crippen molar-refractivity contribution in [1.82, 2.24) is 38.8 Å². The molecule has 4 aromatic heterocycles. The minimum absolute atomic E-state index is 0.135. The molecule has 1 saturated heterocycles. The molecular weight excluding hydrogens is 532 g/mol. The molecular formula is C25H28N12O2S. The number of nitrogens with two attached hydrogens (primary N) is 1. The van der Waals surface area contributed by atoms with Crippen molar-refractivity contribution in [1.29, 1.82) is 0 Å². The molecule has 1 aromatic carbocycles. The Morgan fingerprint density at radius 1 is 1.12 bits per heavy atom. The maximum Gasteiger partial charge on any atom is 0.345 e. The van der Waals surface area contributed by atoms with Crippen LogP contribution in [0.2, 0.25) is 0 Å². The summed E-state index contributed by atoms with van der Waals surface area (Å²) in [4.78, 5) is 31.9. The Hall–Kier alpha value is -4.34. The highest BCUT2D eigenvalue weighted by atomic mass is 32.1. The Balaban J connectivity index is 1.07. The molecule has 0 unspecified atom stereocenters. The van der Waals surface area contributed by atoms with Gasteiger partial charge in [-0.25, -0.2) is 24.8 Å². The molecule has 0 atom stereocenters.